The van der Waals surface area contributed by atoms with Crippen molar-refractivity contribution in [1.29, 1.82) is 0 Å². The molecule has 0 bridgehead atoms. The van der Waals surface area contributed by atoms with Gasteiger partial charge in [-0.25, -0.2) is 4.79 Å². The third-order valence-corrected chi connectivity index (χ3v) is 3.80. The van der Waals surface area contributed by atoms with Gasteiger partial charge < -0.3 is 10.6 Å². The number of aromatic nitrogens is 2. The van der Waals surface area contributed by atoms with E-state index in [4.69, 9.17) is 0 Å². The summed E-state index contributed by atoms with van der Waals surface area (Å²) in [6.45, 7) is 7.82. The highest BCUT2D eigenvalue weighted by atomic mass is 16.2. The fourth-order valence-corrected chi connectivity index (χ4v) is 2.48. The first-order chi connectivity index (χ1) is 13.2. The predicted molar refractivity (Wildman–Crippen MR) is 104 cm³/mol. The van der Waals surface area contributed by atoms with E-state index in [9.17, 15) is 14.4 Å². The van der Waals surface area contributed by atoms with Crippen molar-refractivity contribution < 1.29 is 14.4 Å². The molecule has 150 valence electrons. The Bertz CT molecular complexity index is 842. The summed E-state index contributed by atoms with van der Waals surface area (Å²) in [4.78, 5) is 35.7. The van der Waals surface area contributed by atoms with Gasteiger partial charge in [0.25, 0.3) is 11.8 Å². The average Bonchev–Trinajstić information content (AvgIpc) is 2.94. The quantitative estimate of drug-likeness (QED) is 0.558. The van der Waals surface area contributed by atoms with Crippen molar-refractivity contribution in [3.8, 4) is 0 Å². The van der Waals surface area contributed by atoms with Crippen LogP contribution < -0.4 is 21.5 Å². The Balaban J connectivity index is 1.80. The summed E-state index contributed by atoms with van der Waals surface area (Å²) in [5, 5.41) is 9.66. The van der Waals surface area contributed by atoms with Crippen LogP contribution in [0.1, 0.15) is 41.2 Å². The number of benzene rings is 1. The topological polar surface area (TPSA) is 117 Å². The van der Waals surface area contributed by atoms with Crippen LogP contribution in [0.4, 0.5) is 4.79 Å². The van der Waals surface area contributed by atoms with Gasteiger partial charge in [-0.1, -0.05) is 12.1 Å². The SMILES string of the molecule is Cc1cc(C)n(CC(=O)NNC(=O)c2ccc(CNC(=O)NC(C)C)cc2)n1. The van der Waals surface area contributed by atoms with Crippen LogP contribution in [0.15, 0.2) is 30.3 Å². The van der Waals surface area contributed by atoms with Gasteiger partial charge in [0.05, 0.1) is 5.69 Å². The van der Waals surface area contributed by atoms with Gasteiger partial charge in [-0.15, -0.1) is 0 Å². The number of amides is 4. The number of carbonyl (C=O) groups is 3. The number of nitrogens with zero attached hydrogens (tertiary/aromatic N) is 2. The highest BCUT2D eigenvalue weighted by Crippen LogP contribution is 2.04. The number of urea groups is 1. The van der Waals surface area contributed by atoms with Gasteiger partial charge in [-0.05, 0) is 51.5 Å². The molecule has 4 amide bonds. The van der Waals surface area contributed by atoms with E-state index in [1.54, 1.807) is 28.9 Å². The molecule has 0 spiro atoms. The van der Waals surface area contributed by atoms with Gasteiger partial charge in [0, 0.05) is 23.8 Å². The Hall–Kier alpha value is -3.36. The van der Waals surface area contributed by atoms with Crippen LogP contribution in [-0.4, -0.2) is 33.7 Å². The lowest BCUT2D eigenvalue weighted by molar-refractivity contribution is -0.122. The standard InChI is InChI=1S/C19H26N6O3/c1-12(2)21-19(28)20-10-15-5-7-16(8-6-15)18(27)23-22-17(26)11-25-14(4)9-13(3)24-25/h5-9,12H,10-11H2,1-4H3,(H,22,26)(H,23,27)(H2,20,21,28). The zero-order chi connectivity index (χ0) is 20.7. The van der Waals surface area contributed by atoms with Crippen molar-refractivity contribution in [2.75, 3.05) is 0 Å². The van der Waals surface area contributed by atoms with E-state index in [1.165, 1.54) is 0 Å². The second-order valence-corrected chi connectivity index (χ2v) is 6.77. The molecule has 0 aliphatic carbocycles. The fraction of sp³-hybridized carbons (Fsp3) is 0.368. The molecule has 0 radical (unpaired) electrons. The minimum Gasteiger partial charge on any atom is -0.336 e. The molecule has 1 aromatic heterocycles. The maximum absolute atomic E-state index is 12.1. The van der Waals surface area contributed by atoms with Crippen molar-refractivity contribution in [1.82, 2.24) is 31.3 Å². The van der Waals surface area contributed by atoms with Crippen LogP contribution >= 0.6 is 0 Å². The van der Waals surface area contributed by atoms with Crippen molar-refractivity contribution in [3.63, 3.8) is 0 Å². The first-order valence-electron chi connectivity index (χ1n) is 8.98. The largest absolute Gasteiger partial charge is 0.336 e. The molecule has 1 heterocycles. The van der Waals surface area contributed by atoms with E-state index in [0.717, 1.165) is 17.0 Å². The van der Waals surface area contributed by atoms with Crippen molar-refractivity contribution in [2.45, 2.75) is 46.8 Å². The number of aryl methyl sites for hydroxylation is 2. The van der Waals surface area contributed by atoms with Gasteiger partial charge in [0.1, 0.15) is 6.54 Å². The summed E-state index contributed by atoms with van der Waals surface area (Å²) in [6.07, 6.45) is 0. The highest BCUT2D eigenvalue weighted by molar-refractivity contribution is 5.95. The number of hydrogen-bond donors (Lipinski definition) is 4. The third kappa shape index (κ3) is 6.42. The summed E-state index contributed by atoms with van der Waals surface area (Å²) >= 11 is 0. The second-order valence-electron chi connectivity index (χ2n) is 6.77. The maximum Gasteiger partial charge on any atom is 0.315 e. The van der Waals surface area contributed by atoms with Crippen LogP contribution in [-0.2, 0) is 17.9 Å². The van der Waals surface area contributed by atoms with Gasteiger partial charge in [0.2, 0.25) is 0 Å². The first-order valence-corrected chi connectivity index (χ1v) is 8.98. The third-order valence-electron chi connectivity index (χ3n) is 3.80. The summed E-state index contributed by atoms with van der Waals surface area (Å²) in [6, 6.07) is 8.41. The van der Waals surface area contributed by atoms with Crippen molar-refractivity contribution in [2.24, 2.45) is 0 Å². The Kier molecular flexibility index (Phi) is 7.14. The van der Waals surface area contributed by atoms with Crippen LogP contribution in [0.25, 0.3) is 0 Å². The van der Waals surface area contributed by atoms with Gasteiger partial charge >= 0.3 is 6.03 Å². The van der Waals surface area contributed by atoms with E-state index in [0.29, 0.717) is 12.1 Å². The molecule has 9 heteroatoms. The molecule has 28 heavy (non-hydrogen) atoms. The van der Waals surface area contributed by atoms with Gasteiger partial charge in [-0.2, -0.15) is 5.10 Å². The van der Waals surface area contributed by atoms with Crippen LogP contribution in [0.5, 0.6) is 0 Å². The normalized spacial score (nSPS) is 10.5. The highest BCUT2D eigenvalue weighted by Gasteiger charge is 2.10. The maximum atomic E-state index is 12.1. The number of hydrazine groups is 1. The molecule has 0 aliphatic heterocycles. The van der Waals surface area contributed by atoms with E-state index in [2.05, 4.69) is 26.6 Å². The van der Waals surface area contributed by atoms with Crippen LogP contribution in [0.3, 0.4) is 0 Å². The zero-order valence-electron chi connectivity index (χ0n) is 16.5. The molecule has 2 aromatic rings. The van der Waals surface area contributed by atoms with Crippen LogP contribution in [0, 0.1) is 13.8 Å². The molecule has 1 aromatic carbocycles. The Labute approximate surface area is 163 Å². The minimum absolute atomic E-state index is 0.0169. The molecular weight excluding hydrogens is 360 g/mol. The monoisotopic (exact) mass is 386 g/mol. The Morgan fingerprint density at radius 1 is 1.07 bits per heavy atom. The lowest BCUT2D eigenvalue weighted by atomic mass is 10.1. The lowest BCUT2D eigenvalue weighted by Crippen LogP contribution is -2.43. The molecule has 0 atom stereocenters. The lowest BCUT2D eigenvalue weighted by Gasteiger charge is -2.11. The molecule has 4 N–H and O–H groups in total. The van der Waals surface area contributed by atoms with Gasteiger partial charge in [0.15, 0.2) is 0 Å². The summed E-state index contributed by atoms with van der Waals surface area (Å²) in [5.74, 6) is -0.810. The Morgan fingerprint density at radius 3 is 2.32 bits per heavy atom. The molecule has 2 rings (SSSR count). The van der Waals surface area contributed by atoms with Crippen LogP contribution in [0.2, 0.25) is 0 Å². The smallest absolute Gasteiger partial charge is 0.315 e. The zero-order valence-corrected chi connectivity index (χ0v) is 16.5. The number of rotatable bonds is 6. The number of hydrogen-bond acceptors (Lipinski definition) is 4. The molecule has 0 fully saturated rings. The molecule has 0 aliphatic rings. The number of carbonyl (C=O) groups excluding carboxylic acids is 3. The van der Waals surface area contributed by atoms with Crippen molar-refractivity contribution in [3.05, 3.63) is 52.8 Å². The second kappa shape index (κ2) is 9.54. The molecular formula is C19H26N6O3. The number of nitrogens with one attached hydrogen (secondary N) is 4. The predicted octanol–water partition coefficient (Wildman–Crippen LogP) is 1.17. The molecule has 0 saturated heterocycles. The Morgan fingerprint density at radius 2 is 1.75 bits per heavy atom. The molecule has 9 nitrogen and oxygen atoms in total. The molecule has 0 unspecified atom stereocenters. The van der Waals surface area contributed by atoms with Gasteiger partial charge in [-0.3, -0.25) is 25.1 Å². The summed E-state index contributed by atoms with van der Waals surface area (Å²) in [5.41, 5.74) is 7.68. The van der Waals surface area contributed by atoms with E-state index < -0.39 is 5.91 Å². The molecule has 0 saturated carbocycles. The minimum atomic E-state index is -0.432. The van der Waals surface area contributed by atoms with Crippen molar-refractivity contribution >= 4 is 17.8 Å². The summed E-state index contributed by atoms with van der Waals surface area (Å²) < 4.78 is 1.56. The van der Waals surface area contributed by atoms with E-state index in [-0.39, 0.29) is 24.5 Å². The average molecular weight is 386 g/mol. The fourth-order valence-electron chi connectivity index (χ4n) is 2.48. The summed E-state index contributed by atoms with van der Waals surface area (Å²) in [7, 11) is 0. The van der Waals surface area contributed by atoms with E-state index in [1.807, 2.05) is 33.8 Å². The first kappa shape index (κ1) is 20.9. The van der Waals surface area contributed by atoms with E-state index >= 15 is 0 Å².